The number of rotatable bonds is 5. The molecule has 5 nitrogen and oxygen atoms in total. The molecule has 1 aliphatic rings. The number of aryl methyl sites for hydroxylation is 1. The summed E-state index contributed by atoms with van der Waals surface area (Å²) in [4.78, 5) is 13.8. The van der Waals surface area contributed by atoms with Crippen LogP contribution in [-0.2, 0) is 0 Å². The van der Waals surface area contributed by atoms with E-state index in [4.69, 9.17) is 4.98 Å². The third-order valence-electron chi connectivity index (χ3n) is 3.90. The van der Waals surface area contributed by atoms with E-state index in [9.17, 15) is 0 Å². The fraction of sp³-hybridized carbons (Fsp3) is 0.733. The topological polar surface area (TPSA) is 44.3 Å². The van der Waals surface area contributed by atoms with Gasteiger partial charge in [0, 0.05) is 37.4 Å². The molecule has 5 heteroatoms. The fourth-order valence-corrected chi connectivity index (χ4v) is 2.64. The monoisotopic (exact) mass is 277 g/mol. The summed E-state index contributed by atoms with van der Waals surface area (Å²) < 4.78 is 0. The molecule has 0 amide bonds. The molecule has 0 saturated carbocycles. The van der Waals surface area contributed by atoms with E-state index < -0.39 is 0 Å². The number of hydrogen-bond donors (Lipinski definition) is 1. The van der Waals surface area contributed by atoms with Crippen molar-refractivity contribution in [1.29, 1.82) is 0 Å². The van der Waals surface area contributed by atoms with Crippen molar-refractivity contribution in [3.63, 3.8) is 0 Å². The SMILES string of the molecule is CCCNc1ncc(C)c(N2CCCC(N(C)C)C2)n1. The van der Waals surface area contributed by atoms with Crippen molar-refractivity contribution < 1.29 is 0 Å². The lowest BCUT2D eigenvalue weighted by Gasteiger charge is -2.37. The van der Waals surface area contributed by atoms with Gasteiger partial charge in [0.2, 0.25) is 5.95 Å². The number of anilines is 2. The summed E-state index contributed by atoms with van der Waals surface area (Å²) in [6.07, 6.45) is 5.51. The fourth-order valence-electron chi connectivity index (χ4n) is 2.64. The van der Waals surface area contributed by atoms with E-state index in [1.54, 1.807) is 0 Å². The summed E-state index contributed by atoms with van der Waals surface area (Å²) in [5, 5.41) is 3.28. The van der Waals surface area contributed by atoms with Crippen LogP contribution in [0.3, 0.4) is 0 Å². The van der Waals surface area contributed by atoms with Crippen LogP contribution in [0, 0.1) is 6.92 Å². The first-order valence-electron chi connectivity index (χ1n) is 7.60. The molecule has 20 heavy (non-hydrogen) atoms. The summed E-state index contributed by atoms with van der Waals surface area (Å²) in [5.41, 5.74) is 1.16. The van der Waals surface area contributed by atoms with Gasteiger partial charge in [-0.25, -0.2) is 4.98 Å². The number of nitrogens with one attached hydrogen (secondary N) is 1. The van der Waals surface area contributed by atoms with Crippen LogP contribution in [0.5, 0.6) is 0 Å². The summed E-state index contributed by atoms with van der Waals surface area (Å²) in [7, 11) is 4.32. The van der Waals surface area contributed by atoms with Crippen LogP contribution in [0.15, 0.2) is 6.20 Å². The van der Waals surface area contributed by atoms with Crippen LogP contribution in [0.25, 0.3) is 0 Å². The highest BCUT2D eigenvalue weighted by atomic mass is 15.3. The third-order valence-corrected chi connectivity index (χ3v) is 3.90. The number of aromatic nitrogens is 2. The van der Waals surface area contributed by atoms with Crippen molar-refractivity contribution in [1.82, 2.24) is 14.9 Å². The summed E-state index contributed by atoms with van der Waals surface area (Å²) in [6.45, 7) is 7.31. The van der Waals surface area contributed by atoms with Gasteiger partial charge in [-0.1, -0.05) is 6.92 Å². The van der Waals surface area contributed by atoms with Gasteiger partial charge in [-0.15, -0.1) is 0 Å². The Hall–Kier alpha value is -1.36. The van der Waals surface area contributed by atoms with E-state index in [1.807, 2.05) is 6.20 Å². The quantitative estimate of drug-likeness (QED) is 0.893. The average molecular weight is 277 g/mol. The third kappa shape index (κ3) is 3.60. The Morgan fingerprint density at radius 2 is 2.25 bits per heavy atom. The Kier molecular flexibility index (Phi) is 5.17. The molecule has 1 aromatic rings. The van der Waals surface area contributed by atoms with Gasteiger partial charge >= 0.3 is 0 Å². The van der Waals surface area contributed by atoms with Crippen molar-refractivity contribution >= 4 is 11.8 Å². The van der Waals surface area contributed by atoms with E-state index in [0.717, 1.165) is 43.4 Å². The number of piperidine rings is 1. The van der Waals surface area contributed by atoms with E-state index in [2.05, 4.69) is 48.0 Å². The molecule has 0 aromatic carbocycles. The first-order valence-corrected chi connectivity index (χ1v) is 7.60. The maximum atomic E-state index is 4.71. The van der Waals surface area contributed by atoms with Crippen LogP contribution in [0.1, 0.15) is 31.7 Å². The average Bonchev–Trinajstić information content (AvgIpc) is 2.46. The smallest absolute Gasteiger partial charge is 0.224 e. The van der Waals surface area contributed by atoms with Crippen LogP contribution >= 0.6 is 0 Å². The van der Waals surface area contributed by atoms with Gasteiger partial charge in [0.25, 0.3) is 0 Å². The molecular weight excluding hydrogens is 250 g/mol. The molecule has 0 bridgehead atoms. The molecule has 2 heterocycles. The first kappa shape index (κ1) is 15.0. The number of likely N-dealkylation sites (N-methyl/N-ethyl adjacent to an activating group) is 1. The highest BCUT2D eigenvalue weighted by Crippen LogP contribution is 2.23. The Bertz CT molecular complexity index is 432. The minimum Gasteiger partial charge on any atom is -0.355 e. The van der Waals surface area contributed by atoms with Gasteiger partial charge in [0.05, 0.1) is 0 Å². The van der Waals surface area contributed by atoms with Gasteiger partial charge in [-0.3, -0.25) is 0 Å². The summed E-state index contributed by atoms with van der Waals surface area (Å²) >= 11 is 0. The van der Waals surface area contributed by atoms with Crippen molar-refractivity contribution in [2.24, 2.45) is 0 Å². The van der Waals surface area contributed by atoms with E-state index in [-0.39, 0.29) is 0 Å². The molecule has 2 rings (SSSR count). The van der Waals surface area contributed by atoms with Gasteiger partial charge in [-0.2, -0.15) is 4.98 Å². The molecule has 1 fully saturated rings. The van der Waals surface area contributed by atoms with Gasteiger partial charge in [-0.05, 0) is 40.3 Å². The standard InChI is InChI=1S/C15H27N5/c1-5-8-16-15-17-10-12(2)14(18-15)20-9-6-7-13(11-20)19(3)4/h10,13H,5-9,11H2,1-4H3,(H,16,17,18). The maximum absolute atomic E-state index is 4.71. The van der Waals surface area contributed by atoms with Crippen LogP contribution in [-0.4, -0.2) is 54.6 Å². The second-order valence-electron chi connectivity index (χ2n) is 5.83. The van der Waals surface area contributed by atoms with Gasteiger partial charge in [0.1, 0.15) is 5.82 Å². The molecule has 1 atom stereocenters. The summed E-state index contributed by atoms with van der Waals surface area (Å²) in [5.74, 6) is 1.84. The lowest BCUT2D eigenvalue weighted by atomic mass is 10.0. The van der Waals surface area contributed by atoms with Crippen LogP contribution in [0.2, 0.25) is 0 Å². The molecule has 1 N–H and O–H groups in total. The Balaban J connectivity index is 2.13. The molecule has 1 unspecified atom stereocenters. The molecular formula is C15H27N5. The Labute approximate surface area is 122 Å². The van der Waals surface area contributed by atoms with Crippen molar-refractivity contribution in [2.75, 3.05) is 43.9 Å². The van der Waals surface area contributed by atoms with Crippen molar-refractivity contribution in [3.05, 3.63) is 11.8 Å². The first-order chi connectivity index (χ1) is 9.61. The van der Waals surface area contributed by atoms with Crippen molar-refractivity contribution in [3.8, 4) is 0 Å². The normalized spacial score (nSPS) is 19.4. The minimum absolute atomic E-state index is 0.616. The van der Waals surface area contributed by atoms with E-state index in [1.165, 1.54) is 12.8 Å². The molecule has 0 spiro atoms. The van der Waals surface area contributed by atoms with Crippen molar-refractivity contribution in [2.45, 2.75) is 39.2 Å². The predicted octanol–water partition coefficient (Wildman–Crippen LogP) is 2.14. The van der Waals surface area contributed by atoms with E-state index >= 15 is 0 Å². The van der Waals surface area contributed by atoms with Crippen LogP contribution < -0.4 is 10.2 Å². The molecule has 112 valence electrons. The number of nitrogens with zero attached hydrogens (tertiary/aromatic N) is 4. The van der Waals surface area contributed by atoms with Gasteiger partial charge in [0.15, 0.2) is 0 Å². The van der Waals surface area contributed by atoms with Crippen LogP contribution in [0.4, 0.5) is 11.8 Å². The molecule has 1 aliphatic heterocycles. The Morgan fingerprint density at radius 1 is 1.45 bits per heavy atom. The van der Waals surface area contributed by atoms with E-state index in [0.29, 0.717) is 6.04 Å². The number of hydrogen-bond acceptors (Lipinski definition) is 5. The second-order valence-corrected chi connectivity index (χ2v) is 5.83. The molecule has 0 aliphatic carbocycles. The Morgan fingerprint density at radius 3 is 2.95 bits per heavy atom. The molecule has 0 radical (unpaired) electrons. The zero-order valence-electron chi connectivity index (χ0n) is 13.2. The molecule has 1 saturated heterocycles. The zero-order valence-corrected chi connectivity index (χ0v) is 13.2. The maximum Gasteiger partial charge on any atom is 0.224 e. The largest absolute Gasteiger partial charge is 0.355 e. The lowest BCUT2D eigenvalue weighted by molar-refractivity contribution is 0.257. The lowest BCUT2D eigenvalue weighted by Crippen LogP contribution is -2.45. The minimum atomic E-state index is 0.616. The highest BCUT2D eigenvalue weighted by Gasteiger charge is 2.23. The van der Waals surface area contributed by atoms with Gasteiger partial charge < -0.3 is 15.1 Å². The second kappa shape index (κ2) is 6.88. The highest BCUT2D eigenvalue weighted by molar-refractivity contribution is 5.49. The zero-order chi connectivity index (χ0) is 14.5. The predicted molar refractivity (Wildman–Crippen MR) is 84.5 cm³/mol. The molecule has 1 aromatic heterocycles. The summed E-state index contributed by atoms with van der Waals surface area (Å²) in [6, 6.07) is 0.616.